The Kier molecular flexibility index (Phi) is 6.41. The van der Waals surface area contributed by atoms with Gasteiger partial charge in [0.25, 0.3) is 5.91 Å². The minimum absolute atomic E-state index is 0.188. The van der Waals surface area contributed by atoms with Crippen molar-refractivity contribution in [2.45, 2.75) is 0 Å². The predicted octanol–water partition coefficient (Wildman–Crippen LogP) is 6.27. The number of halogens is 2. The van der Waals surface area contributed by atoms with Crippen molar-refractivity contribution in [2.24, 2.45) is 4.99 Å². The lowest BCUT2D eigenvalue weighted by Gasteiger charge is -2.07. The molecular formula is C23H16Cl2N2O4S. The van der Waals surface area contributed by atoms with Crippen molar-refractivity contribution in [3.05, 3.63) is 80.9 Å². The number of nitrogens with zero attached hydrogens (tertiary/aromatic N) is 2. The van der Waals surface area contributed by atoms with Crippen LogP contribution in [-0.4, -0.2) is 36.1 Å². The zero-order chi connectivity index (χ0) is 22.8. The summed E-state index contributed by atoms with van der Waals surface area (Å²) in [5, 5.41) is 1.42. The molecule has 0 saturated carbocycles. The van der Waals surface area contributed by atoms with E-state index in [0.717, 1.165) is 5.56 Å². The van der Waals surface area contributed by atoms with E-state index in [1.807, 2.05) is 6.07 Å². The quantitative estimate of drug-likeness (QED) is 0.320. The third kappa shape index (κ3) is 4.60. The van der Waals surface area contributed by atoms with Crippen LogP contribution in [0.5, 0.6) is 0 Å². The summed E-state index contributed by atoms with van der Waals surface area (Å²) in [7, 11) is 2.98. The number of carbonyl (C=O) groups excluding carboxylic acids is 2. The van der Waals surface area contributed by atoms with Crippen LogP contribution in [0.3, 0.4) is 0 Å². The highest BCUT2D eigenvalue weighted by molar-refractivity contribution is 8.18. The summed E-state index contributed by atoms with van der Waals surface area (Å²) in [4.78, 5) is 30.7. The van der Waals surface area contributed by atoms with Gasteiger partial charge in [-0.1, -0.05) is 23.2 Å². The van der Waals surface area contributed by atoms with Crippen molar-refractivity contribution in [1.29, 1.82) is 0 Å². The fourth-order valence-electron chi connectivity index (χ4n) is 2.92. The number of aliphatic imine (C=N–C) groups is 1. The number of benzene rings is 2. The van der Waals surface area contributed by atoms with Crippen LogP contribution in [0.2, 0.25) is 10.0 Å². The van der Waals surface area contributed by atoms with Gasteiger partial charge in [-0.05, 0) is 66.4 Å². The fraction of sp³-hybridized carbons (Fsp3) is 0.0870. The normalized spacial score (nSPS) is 16.2. The van der Waals surface area contributed by atoms with Crippen molar-refractivity contribution < 1.29 is 18.7 Å². The molecule has 1 amide bonds. The average molecular weight is 487 g/mol. The van der Waals surface area contributed by atoms with E-state index in [1.165, 1.54) is 23.8 Å². The topological polar surface area (TPSA) is 72.1 Å². The Labute approximate surface area is 198 Å². The molecule has 0 radical (unpaired) electrons. The van der Waals surface area contributed by atoms with Gasteiger partial charge in [0, 0.05) is 18.7 Å². The summed E-state index contributed by atoms with van der Waals surface area (Å²) in [6, 6.07) is 15.4. The molecule has 1 aromatic heterocycles. The first-order chi connectivity index (χ1) is 15.4. The van der Waals surface area contributed by atoms with E-state index < -0.39 is 5.97 Å². The summed E-state index contributed by atoms with van der Waals surface area (Å²) in [5.74, 6) is 0.529. The Balaban J connectivity index is 1.55. The molecule has 0 atom stereocenters. The lowest BCUT2D eigenvalue weighted by molar-refractivity contribution is -0.121. The van der Waals surface area contributed by atoms with Crippen LogP contribution in [0.25, 0.3) is 17.4 Å². The largest absolute Gasteiger partial charge is 0.465 e. The molecule has 1 aliphatic heterocycles. The van der Waals surface area contributed by atoms with E-state index in [1.54, 1.807) is 61.7 Å². The molecule has 3 aromatic rings. The molecule has 2 aromatic carbocycles. The number of rotatable bonds is 4. The number of amidine groups is 1. The minimum atomic E-state index is -0.421. The summed E-state index contributed by atoms with van der Waals surface area (Å²) < 4.78 is 10.6. The van der Waals surface area contributed by atoms with Gasteiger partial charge in [0.1, 0.15) is 11.5 Å². The Morgan fingerprint density at radius 1 is 1.09 bits per heavy atom. The molecule has 0 bridgehead atoms. The number of likely N-dealkylation sites (N-methyl/N-ethyl adjacent to an activating group) is 1. The maximum absolute atomic E-state index is 12.7. The smallest absolute Gasteiger partial charge is 0.337 e. The number of furan rings is 1. The molecule has 6 nitrogen and oxygen atoms in total. The maximum Gasteiger partial charge on any atom is 0.337 e. The second kappa shape index (κ2) is 9.24. The molecule has 32 heavy (non-hydrogen) atoms. The molecule has 162 valence electrons. The number of amides is 1. The Bertz CT molecular complexity index is 1270. The van der Waals surface area contributed by atoms with E-state index >= 15 is 0 Å². The highest BCUT2D eigenvalue weighted by Crippen LogP contribution is 2.35. The van der Waals surface area contributed by atoms with Crippen LogP contribution < -0.4 is 0 Å². The summed E-state index contributed by atoms with van der Waals surface area (Å²) >= 11 is 13.3. The van der Waals surface area contributed by atoms with Crippen LogP contribution in [0.15, 0.2) is 68.9 Å². The first kappa shape index (κ1) is 22.2. The molecule has 4 rings (SSSR count). The molecule has 1 aliphatic rings. The molecule has 9 heteroatoms. The molecule has 1 saturated heterocycles. The average Bonchev–Trinajstić information content (AvgIpc) is 3.36. The van der Waals surface area contributed by atoms with Crippen molar-refractivity contribution in [1.82, 2.24) is 4.90 Å². The number of hydrogen-bond donors (Lipinski definition) is 0. The van der Waals surface area contributed by atoms with E-state index in [9.17, 15) is 9.59 Å². The van der Waals surface area contributed by atoms with Crippen LogP contribution in [0, 0.1) is 0 Å². The number of esters is 1. The second-order valence-electron chi connectivity index (χ2n) is 6.74. The molecule has 0 unspecified atom stereocenters. The lowest BCUT2D eigenvalue weighted by atomic mass is 10.2. The third-order valence-electron chi connectivity index (χ3n) is 4.62. The van der Waals surface area contributed by atoms with E-state index in [4.69, 9.17) is 32.4 Å². The number of thioether (sulfide) groups is 1. The maximum atomic E-state index is 12.7. The Morgan fingerprint density at radius 2 is 1.84 bits per heavy atom. The molecule has 2 heterocycles. The zero-order valence-corrected chi connectivity index (χ0v) is 19.3. The van der Waals surface area contributed by atoms with Crippen molar-refractivity contribution in [3.8, 4) is 11.3 Å². The minimum Gasteiger partial charge on any atom is -0.465 e. The SMILES string of the molecule is COC(=O)c1ccc(N=C2S/C(=C/c3ccc(-c4ccc(Cl)c(Cl)c4)o3)C(=O)N2C)cc1. The van der Waals surface area contributed by atoms with E-state index in [2.05, 4.69) is 4.99 Å². The first-order valence-electron chi connectivity index (χ1n) is 9.35. The molecule has 1 fully saturated rings. The van der Waals surface area contributed by atoms with E-state index in [-0.39, 0.29) is 5.91 Å². The van der Waals surface area contributed by atoms with Gasteiger partial charge in [-0.15, -0.1) is 0 Å². The Hall–Kier alpha value is -3.00. The summed E-state index contributed by atoms with van der Waals surface area (Å²) in [5.41, 5.74) is 1.82. The van der Waals surface area contributed by atoms with Gasteiger partial charge >= 0.3 is 5.97 Å². The van der Waals surface area contributed by atoms with Crippen LogP contribution in [0.4, 0.5) is 5.69 Å². The van der Waals surface area contributed by atoms with Crippen molar-refractivity contribution in [2.75, 3.05) is 14.2 Å². The first-order valence-corrected chi connectivity index (χ1v) is 10.9. The van der Waals surface area contributed by atoms with Crippen molar-refractivity contribution >= 4 is 63.8 Å². The van der Waals surface area contributed by atoms with Crippen LogP contribution >= 0.6 is 35.0 Å². The van der Waals surface area contributed by atoms with Gasteiger partial charge in [-0.3, -0.25) is 9.69 Å². The van der Waals surface area contributed by atoms with Gasteiger partial charge in [-0.2, -0.15) is 0 Å². The van der Waals surface area contributed by atoms with Crippen LogP contribution in [-0.2, 0) is 9.53 Å². The molecule has 0 N–H and O–H groups in total. The van der Waals surface area contributed by atoms with E-state index in [0.29, 0.717) is 42.9 Å². The summed E-state index contributed by atoms with van der Waals surface area (Å²) in [6.07, 6.45) is 1.67. The van der Waals surface area contributed by atoms with Gasteiger partial charge in [-0.25, -0.2) is 9.79 Å². The Morgan fingerprint density at radius 3 is 2.53 bits per heavy atom. The fourth-order valence-corrected chi connectivity index (χ4v) is 4.18. The van der Waals surface area contributed by atoms with Gasteiger partial charge in [0.2, 0.25) is 0 Å². The number of methoxy groups -OCH3 is 1. The van der Waals surface area contributed by atoms with Crippen molar-refractivity contribution in [3.63, 3.8) is 0 Å². The van der Waals surface area contributed by atoms with Gasteiger partial charge in [0.05, 0.1) is 33.3 Å². The zero-order valence-electron chi connectivity index (χ0n) is 17.0. The third-order valence-corrected chi connectivity index (χ3v) is 6.42. The lowest BCUT2D eigenvalue weighted by Crippen LogP contribution is -2.23. The molecule has 0 aliphatic carbocycles. The standard InChI is InChI=1S/C23H16Cl2N2O4S/c1-27-21(28)20(32-23(27)26-15-6-3-13(4-7-15)22(29)30-2)12-16-8-10-19(31-16)14-5-9-17(24)18(25)11-14/h3-12H,1-2H3/b20-12+,26-23?. The number of hydrogen-bond acceptors (Lipinski definition) is 6. The second-order valence-corrected chi connectivity index (χ2v) is 8.56. The molecule has 0 spiro atoms. The highest BCUT2D eigenvalue weighted by Gasteiger charge is 2.30. The highest BCUT2D eigenvalue weighted by atomic mass is 35.5. The monoisotopic (exact) mass is 486 g/mol. The predicted molar refractivity (Wildman–Crippen MR) is 127 cm³/mol. The van der Waals surface area contributed by atoms with Crippen LogP contribution in [0.1, 0.15) is 16.1 Å². The van der Waals surface area contributed by atoms with Gasteiger partial charge in [0.15, 0.2) is 5.17 Å². The number of carbonyl (C=O) groups is 2. The summed E-state index contributed by atoms with van der Waals surface area (Å²) in [6.45, 7) is 0. The van der Waals surface area contributed by atoms with Gasteiger partial charge < -0.3 is 9.15 Å². The number of ether oxygens (including phenoxy) is 1. The molecular weight excluding hydrogens is 471 g/mol.